The van der Waals surface area contributed by atoms with Crippen molar-refractivity contribution < 1.29 is 18.6 Å². The van der Waals surface area contributed by atoms with E-state index in [2.05, 4.69) is 339 Å². The quantitative estimate of drug-likeness (QED) is 0.0777. The first-order valence-electron chi connectivity index (χ1n) is 34.0. The van der Waals surface area contributed by atoms with Gasteiger partial charge >= 0.3 is 14.2 Å². The molecule has 0 bridgehead atoms. The highest BCUT2D eigenvalue weighted by Gasteiger charge is 2.54. The van der Waals surface area contributed by atoms with E-state index in [4.69, 9.17) is 18.6 Å². The van der Waals surface area contributed by atoms with Gasteiger partial charge in [-0.2, -0.15) is 0 Å². The molecule has 100 heavy (non-hydrogen) atoms. The summed E-state index contributed by atoms with van der Waals surface area (Å²) in [6.45, 7) is 24.8. The summed E-state index contributed by atoms with van der Waals surface area (Å²) < 4.78 is 39.3. The lowest BCUT2D eigenvalue weighted by Gasteiger charge is -2.32. The maximum atomic E-state index is 6.25. The monoisotopic (exact) mass is 1530 g/mol. The van der Waals surface area contributed by atoms with Gasteiger partial charge in [-0.15, -0.1) is 68.0 Å². The SMILES string of the molecule is CC.CC.CC1(C)OB(c2cc3sc4cc(B5OC(C)(C)C(C)(C)O5)sc4c3s2)OC1(C)C.Ic1c(-c2ccccc2)cccc1-c1ccccc1.[CH3-].c1ccc(-c2cccc(-c3ccccc3)c2-c2cc3sc4cc(-c5c(-c6ccccc6)cccc5-c5ccccc5)sc4c3s2)cc1. The molecule has 9 aromatic carbocycles. The van der Waals surface area contributed by atoms with E-state index in [1.165, 1.54) is 129 Å². The van der Waals surface area contributed by atoms with E-state index in [1.54, 1.807) is 22.7 Å². The summed E-state index contributed by atoms with van der Waals surface area (Å²) in [7, 11) is -0.607. The van der Waals surface area contributed by atoms with E-state index in [9.17, 15) is 0 Å². The van der Waals surface area contributed by atoms with Crippen molar-refractivity contribution in [1.29, 1.82) is 0 Å². The molecule has 17 rings (SSSR count). The van der Waals surface area contributed by atoms with Gasteiger partial charge in [-0.1, -0.05) is 264 Å². The molecule has 15 aromatic rings. The number of thiophene rings is 6. The fourth-order valence-corrected chi connectivity index (χ4v) is 21.5. The molecule has 2 saturated heterocycles. The molecule has 0 spiro atoms. The smallest absolute Gasteiger partial charge is 0.399 e. The van der Waals surface area contributed by atoms with E-state index in [0.717, 1.165) is 9.55 Å². The number of hydrogen-bond acceptors (Lipinski definition) is 10. The Morgan fingerprint density at radius 1 is 0.270 bits per heavy atom. The van der Waals surface area contributed by atoms with Crippen LogP contribution in [0.5, 0.6) is 0 Å². The van der Waals surface area contributed by atoms with Crippen LogP contribution in [-0.4, -0.2) is 36.6 Å². The molecule has 2 aliphatic heterocycles. The lowest BCUT2D eigenvalue weighted by molar-refractivity contribution is 0.00578. The summed E-state index contributed by atoms with van der Waals surface area (Å²) in [6, 6.07) is 93.6. The van der Waals surface area contributed by atoms with Gasteiger partial charge in [0.1, 0.15) is 0 Å². The lowest BCUT2D eigenvalue weighted by atomic mass is 9.88. The van der Waals surface area contributed by atoms with Crippen LogP contribution < -0.4 is 9.55 Å². The standard InChI is InChI=1S/C44H28S3.C20H26B2O4S3.C18H13I.2C2H6.CH3/c1-5-15-29(16-6-1)33-23-13-24-34(30-17-7-2-8-18-30)41(33)37-27-39-43(46-37)44-40(45-39)28-38(47-44)42-35(31-19-9-3-10-20-31)25-14-26-36(42)32-21-11-4-12-22-32;1-17(2)18(3,4)24-21(23-17)13-9-11-15(28-13)16-12(27-11)10-14(29-16)22-25-19(5,6)20(7,8)26-22;19-18-16(14-8-3-1-4-9-14)12-7-13-17(18)15-10-5-2-6-11-15;2*1-2;/h1-28H;9-10H,1-8H3;1-13H;2*1-2H3;1H3/q;;;;;-1. The molecule has 0 radical (unpaired) electrons. The number of benzene rings is 9. The molecule has 13 heteroatoms. The zero-order valence-corrected chi connectivity index (χ0v) is 66.0. The average Bonchev–Trinajstić information content (AvgIpc) is 1.58. The van der Waals surface area contributed by atoms with Gasteiger partial charge < -0.3 is 26.0 Å². The number of rotatable bonds is 10. The molecular weight excluding hydrogens is 1450 g/mol. The van der Waals surface area contributed by atoms with Gasteiger partial charge in [0, 0.05) is 52.8 Å². The van der Waals surface area contributed by atoms with Gasteiger partial charge in [0.05, 0.1) is 41.2 Å². The Balaban J connectivity index is 0.000000152. The summed E-state index contributed by atoms with van der Waals surface area (Å²) in [4.78, 5) is 2.63. The molecule has 6 aromatic heterocycles. The average molecular weight is 1530 g/mol. The maximum absolute atomic E-state index is 6.25. The van der Waals surface area contributed by atoms with Gasteiger partial charge in [0.2, 0.25) is 0 Å². The molecular formula is C87H82B2IO4S6-. The first-order chi connectivity index (χ1) is 48.0. The molecule has 0 atom stereocenters. The van der Waals surface area contributed by atoms with E-state index in [0.29, 0.717) is 0 Å². The largest absolute Gasteiger partial charge is 0.505 e. The van der Waals surface area contributed by atoms with Crippen LogP contribution in [0.3, 0.4) is 0 Å². The molecule has 0 unspecified atom stereocenters. The molecule has 8 heterocycles. The Bertz CT molecular complexity index is 4760. The summed E-state index contributed by atoms with van der Waals surface area (Å²) in [6.07, 6.45) is 0. The van der Waals surface area contributed by atoms with Crippen LogP contribution >= 0.6 is 90.6 Å². The van der Waals surface area contributed by atoms with Crippen LogP contribution in [-0.2, 0) is 18.6 Å². The predicted octanol–water partition coefficient (Wildman–Crippen LogP) is 27.1. The van der Waals surface area contributed by atoms with Crippen molar-refractivity contribution in [2.24, 2.45) is 0 Å². The Kier molecular flexibility index (Phi) is 22.4. The third-order valence-electron chi connectivity index (χ3n) is 18.8. The highest BCUT2D eigenvalue weighted by molar-refractivity contribution is 14.1. The van der Waals surface area contributed by atoms with Crippen molar-refractivity contribution in [3.63, 3.8) is 0 Å². The van der Waals surface area contributed by atoms with Crippen LogP contribution in [0.15, 0.2) is 261 Å². The van der Waals surface area contributed by atoms with Crippen molar-refractivity contribution >= 4 is 152 Å². The van der Waals surface area contributed by atoms with Crippen LogP contribution in [0.4, 0.5) is 0 Å². The normalized spacial score (nSPS) is 14.7. The molecule has 0 saturated carbocycles. The number of hydrogen-bond donors (Lipinski definition) is 0. The lowest BCUT2D eigenvalue weighted by Crippen LogP contribution is -2.41. The molecule has 2 aliphatic rings. The van der Waals surface area contributed by atoms with Crippen molar-refractivity contribution in [2.45, 2.75) is 105 Å². The van der Waals surface area contributed by atoms with E-state index < -0.39 is 0 Å². The zero-order valence-electron chi connectivity index (χ0n) is 58.9. The van der Waals surface area contributed by atoms with Crippen LogP contribution in [0.1, 0.15) is 83.1 Å². The van der Waals surface area contributed by atoms with Gasteiger partial charge in [-0.05, 0) is 169 Å². The third kappa shape index (κ3) is 14.5. The second kappa shape index (κ2) is 30.9. The van der Waals surface area contributed by atoms with Gasteiger partial charge in [-0.3, -0.25) is 0 Å². The van der Waals surface area contributed by atoms with Crippen molar-refractivity contribution in [3.05, 3.63) is 272 Å². The molecule has 504 valence electrons. The van der Waals surface area contributed by atoms with E-state index in [-0.39, 0.29) is 44.1 Å². The van der Waals surface area contributed by atoms with Gasteiger partial charge in [0.15, 0.2) is 0 Å². The second-order valence-corrected chi connectivity index (χ2v) is 33.5. The minimum atomic E-state index is -0.322. The summed E-state index contributed by atoms with van der Waals surface area (Å²) >= 11 is 13.6. The maximum Gasteiger partial charge on any atom is 0.505 e. The molecule has 2 fully saturated rings. The Morgan fingerprint density at radius 2 is 0.490 bits per heavy atom. The Hall–Kier alpha value is -7.08. The van der Waals surface area contributed by atoms with Crippen LogP contribution in [0.2, 0.25) is 0 Å². The highest BCUT2D eigenvalue weighted by atomic mass is 127. The Morgan fingerprint density at radius 3 is 0.750 bits per heavy atom. The third-order valence-corrected chi connectivity index (χ3v) is 27.6. The molecule has 4 nitrogen and oxygen atoms in total. The first-order valence-corrected chi connectivity index (χ1v) is 40.0. The Labute approximate surface area is 629 Å². The second-order valence-electron chi connectivity index (χ2n) is 26.0. The number of fused-ring (bicyclic) bond motifs is 6. The van der Waals surface area contributed by atoms with Crippen molar-refractivity contribution in [2.75, 3.05) is 0 Å². The first kappa shape index (κ1) is 72.7. The molecule has 0 amide bonds. The summed E-state index contributed by atoms with van der Waals surface area (Å²) in [5.74, 6) is 0. The van der Waals surface area contributed by atoms with E-state index >= 15 is 0 Å². The van der Waals surface area contributed by atoms with Crippen LogP contribution in [0.25, 0.3) is 125 Å². The fourth-order valence-electron chi connectivity index (χ4n) is 12.4. The van der Waals surface area contributed by atoms with E-state index in [1.807, 2.05) is 73.0 Å². The highest BCUT2D eigenvalue weighted by Crippen LogP contribution is 2.53. The van der Waals surface area contributed by atoms with Gasteiger partial charge in [0.25, 0.3) is 0 Å². The van der Waals surface area contributed by atoms with Crippen molar-refractivity contribution in [1.82, 2.24) is 0 Å². The zero-order chi connectivity index (χ0) is 69.2. The topological polar surface area (TPSA) is 36.9 Å². The fraction of sp³-hybridized carbons (Fsp3) is 0.184. The minimum Gasteiger partial charge on any atom is -0.399 e. The summed E-state index contributed by atoms with van der Waals surface area (Å²) in [5, 5.41) is 0. The number of halogens is 1. The van der Waals surface area contributed by atoms with Crippen molar-refractivity contribution in [3.8, 4) is 87.6 Å². The summed E-state index contributed by atoms with van der Waals surface area (Å²) in [5.41, 5.74) is 16.5. The predicted molar refractivity (Wildman–Crippen MR) is 453 cm³/mol. The molecule has 0 aliphatic carbocycles. The minimum absolute atomic E-state index is 0. The van der Waals surface area contributed by atoms with Gasteiger partial charge in [-0.25, -0.2) is 0 Å². The molecule has 0 N–H and O–H groups in total. The van der Waals surface area contributed by atoms with Crippen LogP contribution in [0, 0.1) is 11.0 Å².